The minimum atomic E-state index is -0.571. The van der Waals surface area contributed by atoms with Gasteiger partial charge in [0.1, 0.15) is 0 Å². The van der Waals surface area contributed by atoms with Crippen LogP contribution in [0.3, 0.4) is 0 Å². The molecule has 2 atom stereocenters. The lowest BCUT2D eigenvalue weighted by molar-refractivity contribution is 0.154. The molecular weight excluding hydrogens is 284 g/mol. The van der Waals surface area contributed by atoms with Crippen molar-refractivity contribution in [2.45, 2.75) is 32.0 Å². The summed E-state index contributed by atoms with van der Waals surface area (Å²) in [5, 5.41) is 19.7. The third-order valence-corrected chi connectivity index (χ3v) is 3.90. The molecule has 0 fully saturated rings. The Balaban J connectivity index is 1.73. The maximum atomic E-state index is 11.8. The molecule has 0 bridgehead atoms. The molecule has 2 unspecified atom stereocenters. The van der Waals surface area contributed by atoms with Crippen molar-refractivity contribution in [1.29, 1.82) is 0 Å². The fourth-order valence-electron chi connectivity index (χ4n) is 2.06. The van der Waals surface area contributed by atoms with E-state index in [9.17, 15) is 9.90 Å². The Morgan fingerprint density at radius 1 is 1.29 bits per heavy atom. The van der Waals surface area contributed by atoms with E-state index >= 15 is 0 Å². The van der Waals surface area contributed by atoms with Crippen molar-refractivity contribution in [2.75, 3.05) is 0 Å². The summed E-state index contributed by atoms with van der Waals surface area (Å²) >= 11 is 1.61. The number of carbonyl (C=O) groups excluding carboxylic acids is 1. The Labute approximate surface area is 128 Å². The highest BCUT2D eigenvalue weighted by Gasteiger charge is 2.14. The first kappa shape index (κ1) is 15.5. The molecule has 1 heterocycles. The van der Waals surface area contributed by atoms with Gasteiger partial charge in [0.15, 0.2) is 0 Å². The second-order valence-electron chi connectivity index (χ2n) is 5.02. The third-order valence-electron chi connectivity index (χ3n) is 3.17. The standard InChI is InChI=1S/C16H20N2O2S/c1-12(9-15(19)14-5-3-2-4-6-14)18-16(20)17-10-13-7-8-21-11-13/h2-8,11-12,15,19H,9-10H2,1H3,(H2,17,18,20). The van der Waals surface area contributed by atoms with E-state index in [2.05, 4.69) is 10.6 Å². The molecular formula is C16H20N2O2S. The molecule has 1 aromatic carbocycles. The number of amides is 2. The predicted molar refractivity (Wildman–Crippen MR) is 85.2 cm³/mol. The van der Waals surface area contributed by atoms with Gasteiger partial charge in [0, 0.05) is 12.6 Å². The number of benzene rings is 1. The smallest absolute Gasteiger partial charge is 0.315 e. The molecule has 0 aliphatic carbocycles. The molecule has 1 aromatic heterocycles. The van der Waals surface area contributed by atoms with E-state index in [1.54, 1.807) is 11.3 Å². The SMILES string of the molecule is CC(CC(O)c1ccccc1)NC(=O)NCc1ccsc1. The van der Waals surface area contributed by atoms with Gasteiger partial charge in [-0.3, -0.25) is 0 Å². The largest absolute Gasteiger partial charge is 0.388 e. The van der Waals surface area contributed by atoms with Crippen molar-refractivity contribution in [3.05, 3.63) is 58.3 Å². The van der Waals surface area contributed by atoms with Crippen LogP contribution in [-0.2, 0) is 6.54 Å². The summed E-state index contributed by atoms with van der Waals surface area (Å²) in [7, 11) is 0. The fourth-order valence-corrected chi connectivity index (χ4v) is 2.72. The topological polar surface area (TPSA) is 61.4 Å². The number of aliphatic hydroxyl groups excluding tert-OH is 1. The maximum absolute atomic E-state index is 11.8. The Bertz CT molecular complexity index is 543. The summed E-state index contributed by atoms with van der Waals surface area (Å²) in [5.74, 6) is 0. The van der Waals surface area contributed by atoms with Gasteiger partial charge in [0.2, 0.25) is 0 Å². The van der Waals surface area contributed by atoms with Gasteiger partial charge in [-0.1, -0.05) is 30.3 Å². The van der Waals surface area contributed by atoms with E-state index in [0.717, 1.165) is 11.1 Å². The van der Waals surface area contributed by atoms with Gasteiger partial charge in [-0.25, -0.2) is 4.79 Å². The molecule has 2 amide bonds. The quantitative estimate of drug-likeness (QED) is 0.768. The monoisotopic (exact) mass is 304 g/mol. The summed E-state index contributed by atoms with van der Waals surface area (Å²) in [5.41, 5.74) is 1.96. The highest BCUT2D eigenvalue weighted by Crippen LogP contribution is 2.17. The first-order chi connectivity index (χ1) is 10.1. The molecule has 0 aliphatic heterocycles. The van der Waals surface area contributed by atoms with E-state index in [-0.39, 0.29) is 12.1 Å². The molecule has 2 aromatic rings. The molecule has 0 saturated heterocycles. The molecule has 112 valence electrons. The van der Waals surface area contributed by atoms with Gasteiger partial charge in [-0.2, -0.15) is 11.3 Å². The minimum Gasteiger partial charge on any atom is -0.388 e. The molecule has 4 nitrogen and oxygen atoms in total. The number of urea groups is 1. The van der Waals surface area contributed by atoms with Crippen molar-refractivity contribution in [3.63, 3.8) is 0 Å². The number of aliphatic hydroxyl groups is 1. The van der Waals surface area contributed by atoms with Crippen molar-refractivity contribution in [2.24, 2.45) is 0 Å². The predicted octanol–water partition coefficient (Wildman–Crippen LogP) is 3.06. The van der Waals surface area contributed by atoms with E-state index in [1.165, 1.54) is 0 Å². The highest BCUT2D eigenvalue weighted by molar-refractivity contribution is 7.07. The molecule has 5 heteroatoms. The van der Waals surface area contributed by atoms with Crippen LogP contribution in [0.25, 0.3) is 0 Å². The van der Waals surface area contributed by atoms with Crippen LogP contribution in [0.1, 0.15) is 30.6 Å². The average molecular weight is 304 g/mol. The van der Waals surface area contributed by atoms with Gasteiger partial charge in [0.05, 0.1) is 6.10 Å². The fraction of sp³-hybridized carbons (Fsp3) is 0.312. The van der Waals surface area contributed by atoms with E-state index in [4.69, 9.17) is 0 Å². The second-order valence-corrected chi connectivity index (χ2v) is 5.80. The highest BCUT2D eigenvalue weighted by atomic mass is 32.1. The zero-order valence-corrected chi connectivity index (χ0v) is 12.8. The Kier molecular flexibility index (Phi) is 5.78. The van der Waals surface area contributed by atoms with Gasteiger partial charge < -0.3 is 15.7 Å². The van der Waals surface area contributed by atoms with E-state index in [1.807, 2.05) is 54.1 Å². The number of rotatable bonds is 6. The summed E-state index contributed by atoms with van der Waals surface area (Å²) in [6.45, 7) is 2.40. The first-order valence-electron chi connectivity index (χ1n) is 6.93. The van der Waals surface area contributed by atoms with E-state index in [0.29, 0.717) is 13.0 Å². The van der Waals surface area contributed by atoms with Crippen LogP contribution in [0.2, 0.25) is 0 Å². The van der Waals surface area contributed by atoms with Crippen molar-refractivity contribution >= 4 is 17.4 Å². The number of hydrogen-bond donors (Lipinski definition) is 3. The first-order valence-corrected chi connectivity index (χ1v) is 7.88. The molecule has 2 rings (SSSR count). The summed E-state index contributed by atoms with van der Waals surface area (Å²) in [6.07, 6.45) is -0.0889. The number of nitrogens with one attached hydrogen (secondary N) is 2. The van der Waals surface area contributed by atoms with Gasteiger partial charge >= 0.3 is 6.03 Å². The van der Waals surface area contributed by atoms with Crippen LogP contribution < -0.4 is 10.6 Å². The average Bonchev–Trinajstić information content (AvgIpc) is 2.99. The lowest BCUT2D eigenvalue weighted by Crippen LogP contribution is -2.41. The number of hydrogen-bond acceptors (Lipinski definition) is 3. The maximum Gasteiger partial charge on any atom is 0.315 e. The minimum absolute atomic E-state index is 0.109. The zero-order chi connectivity index (χ0) is 15.1. The zero-order valence-electron chi connectivity index (χ0n) is 12.0. The normalized spacial score (nSPS) is 13.4. The molecule has 0 radical (unpaired) electrons. The number of carbonyl (C=O) groups is 1. The third kappa shape index (κ3) is 5.21. The molecule has 0 spiro atoms. The van der Waals surface area contributed by atoms with Gasteiger partial charge in [-0.05, 0) is 41.3 Å². The van der Waals surface area contributed by atoms with Crippen LogP contribution in [0.15, 0.2) is 47.2 Å². The lowest BCUT2D eigenvalue weighted by atomic mass is 10.0. The summed E-state index contributed by atoms with van der Waals surface area (Å²) < 4.78 is 0. The van der Waals surface area contributed by atoms with Crippen molar-refractivity contribution in [1.82, 2.24) is 10.6 Å². The Hall–Kier alpha value is -1.85. The molecule has 0 saturated carbocycles. The molecule has 3 N–H and O–H groups in total. The lowest BCUT2D eigenvalue weighted by Gasteiger charge is -2.18. The van der Waals surface area contributed by atoms with Crippen LogP contribution in [0.4, 0.5) is 4.79 Å². The van der Waals surface area contributed by atoms with Crippen LogP contribution in [-0.4, -0.2) is 17.2 Å². The van der Waals surface area contributed by atoms with E-state index < -0.39 is 6.10 Å². The van der Waals surface area contributed by atoms with Crippen molar-refractivity contribution < 1.29 is 9.90 Å². The summed E-state index contributed by atoms with van der Waals surface area (Å²) in [6, 6.07) is 11.1. The molecule has 21 heavy (non-hydrogen) atoms. The van der Waals surface area contributed by atoms with Crippen LogP contribution in [0, 0.1) is 0 Å². The molecule has 0 aliphatic rings. The van der Waals surface area contributed by atoms with Crippen molar-refractivity contribution in [3.8, 4) is 0 Å². The van der Waals surface area contributed by atoms with Gasteiger partial charge in [0.25, 0.3) is 0 Å². The van der Waals surface area contributed by atoms with Crippen LogP contribution in [0.5, 0.6) is 0 Å². The second kappa shape index (κ2) is 7.81. The van der Waals surface area contributed by atoms with Crippen LogP contribution >= 0.6 is 11.3 Å². The van der Waals surface area contributed by atoms with Gasteiger partial charge in [-0.15, -0.1) is 0 Å². The number of thiophene rings is 1. The Morgan fingerprint density at radius 2 is 2.05 bits per heavy atom. The summed E-state index contributed by atoms with van der Waals surface area (Å²) in [4.78, 5) is 11.8. The Morgan fingerprint density at radius 3 is 2.71 bits per heavy atom.